The van der Waals surface area contributed by atoms with Gasteiger partial charge in [0.1, 0.15) is 11.4 Å². The Balaban J connectivity index is 1.89. The van der Waals surface area contributed by atoms with E-state index in [2.05, 4.69) is 21.2 Å². The lowest BCUT2D eigenvalue weighted by Gasteiger charge is -2.46. The number of amides is 2. The summed E-state index contributed by atoms with van der Waals surface area (Å²) in [7, 11) is 0. The average Bonchev–Trinajstić information content (AvgIpc) is 2.67. The van der Waals surface area contributed by atoms with Crippen molar-refractivity contribution in [1.82, 2.24) is 10.2 Å². The lowest BCUT2D eigenvalue weighted by Crippen LogP contribution is -2.54. The number of hydrogen-bond donors (Lipinski definition) is 1. The smallest absolute Gasteiger partial charge is 0.411 e. The van der Waals surface area contributed by atoms with Crippen molar-refractivity contribution in [2.45, 2.75) is 57.7 Å². The average molecular weight is 491 g/mol. The van der Waals surface area contributed by atoms with Gasteiger partial charge in [-0.2, -0.15) is 0 Å². The van der Waals surface area contributed by atoms with Crippen LogP contribution in [0.25, 0.3) is 0 Å². The van der Waals surface area contributed by atoms with Crippen LogP contribution in [0.15, 0.2) is 53.0 Å². The molecule has 3 rings (SSSR count). The van der Waals surface area contributed by atoms with E-state index in [1.165, 1.54) is 19.1 Å². The van der Waals surface area contributed by atoms with Crippen molar-refractivity contribution in [3.63, 3.8) is 0 Å². The van der Waals surface area contributed by atoms with E-state index in [0.29, 0.717) is 19.4 Å². The predicted molar refractivity (Wildman–Crippen MR) is 121 cm³/mol. The molecule has 0 bridgehead atoms. The number of carbonyl (C=O) groups is 2. The number of ether oxygens (including phenoxy) is 1. The zero-order valence-electron chi connectivity index (χ0n) is 18.2. The van der Waals surface area contributed by atoms with Gasteiger partial charge in [0.15, 0.2) is 0 Å². The standard InChI is InChI=1S/C24H28BrFN2O3/c1-16(18-5-9-20(25)10-6-18)28-14-13-24(31-22(28)30,15-23(3,4)27-17(2)29)19-7-11-21(26)12-8-19/h5-12,16H,13-15H2,1-4H3,(H,27,29)/t16-,24?/m0/s1. The number of benzene rings is 2. The molecule has 1 aliphatic rings. The first-order chi connectivity index (χ1) is 14.5. The molecule has 0 saturated carbocycles. The van der Waals surface area contributed by atoms with Crippen molar-refractivity contribution in [3.05, 3.63) is 69.9 Å². The molecule has 2 amide bonds. The van der Waals surface area contributed by atoms with Crippen molar-refractivity contribution >= 4 is 27.9 Å². The summed E-state index contributed by atoms with van der Waals surface area (Å²) in [6.07, 6.45) is 0.468. The summed E-state index contributed by atoms with van der Waals surface area (Å²) in [6, 6.07) is 13.7. The molecule has 5 nitrogen and oxygen atoms in total. The summed E-state index contributed by atoms with van der Waals surface area (Å²) in [5.74, 6) is -0.514. The molecular formula is C24H28BrFN2O3. The van der Waals surface area contributed by atoms with Gasteiger partial charge in [-0.3, -0.25) is 4.79 Å². The first kappa shape index (κ1) is 23.3. The van der Waals surface area contributed by atoms with Crippen molar-refractivity contribution in [1.29, 1.82) is 0 Å². The number of cyclic esters (lactones) is 1. The maximum absolute atomic E-state index is 13.6. The zero-order valence-corrected chi connectivity index (χ0v) is 19.8. The van der Waals surface area contributed by atoms with Crippen LogP contribution in [0, 0.1) is 5.82 Å². The quantitative estimate of drug-likeness (QED) is 0.565. The van der Waals surface area contributed by atoms with Crippen molar-refractivity contribution < 1.29 is 18.7 Å². The molecule has 2 aromatic rings. The van der Waals surface area contributed by atoms with E-state index in [9.17, 15) is 14.0 Å². The van der Waals surface area contributed by atoms with Crippen LogP contribution in [0.1, 0.15) is 57.7 Å². The Morgan fingerprint density at radius 3 is 2.39 bits per heavy atom. The molecule has 0 aromatic heterocycles. The highest BCUT2D eigenvalue weighted by Crippen LogP contribution is 2.42. The number of nitrogens with one attached hydrogen (secondary N) is 1. The van der Waals surface area contributed by atoms with Crippen LogP contribution in [-0.4, -0.2) is 29.0 Å². The van der Waals surface area contributed by atoms with Crippen LogP contribution in [0.4, 0.5) is 9.18 Å². The molecule has 1 heterocycles. The van der Waals surface area contributed by atoms with Gasteiger partial charge >= 0.3 is 6.09 Å². The lowest BCUT2D eigenvalue weighted by atomic mass is 9.78. The molecule has 1 fully saturated rings. The van der Waals surface area contributed by atoms with Crippen molar-refractivity contribution in [2.75, 3.05) is 6.54 Å². The van der Waals surface area contributed by atoms with Gasteiger partial charge in [-0.1, -0.05) is 40.2 Å². The summed E-state index contributed by atoms with van der Waals surface area (Å²) in [5.41, 5.74) is 0.136. The first-order valence-corrected chi connectivity index (χ1v) is 11.1. The van der Waals surface area contributed by atoms with Crippen molar-refractivity contribution in [2.24, 2.45) is 0 Å². The summed E-state index contributed by atoms with van der Waals surface area (Å²) < 4.78 is 20.6. The van der Waals surface area contributed by atoms with Gasteiger partial charge in [-0.15, -0.1) is 0 Å². The zero-order chi connectivity index (χ0) is 22.8. The van der Waals surface area contributed by atoms with Gasteiger partial charge in [-0.05, 0) is 56.2 Å². The van der Waals surface area contributed by atoms with Gasteiger partial charge in [0, 0.05) is 36.3 Å². The van der Waals surface area contributed by atoms with Crippen molar-refractivity contribution in [3.8, 4) is 0 Å². The number of hydrogen-bond acceptors (Lipinski definition) is 3. The van der Waals surface area contributed by atoms with E-state index in [1.807, 2.05) is 45.0 Å². The van der Waals surface area contributed by atoms with Crippen LogP contribution < -0.4 is 5.32 Å². The van der Waals surface area contributed by atoms with Crippen LogP contribution in [-0.2, 0) is 15.1 Å². The van der Waals surface area contributed by atoms with Crippen LogP contribution in [0.3, 0.4) is 0 Å². The van der Waals surface area contributed by atoms with E-state index >= 15 is 0 Å². The molecule has 1 N–H and O–H groups in total. The highest BCUT2D eigenvalue weighted by molar-refractivity contribution is 9.10. The summed E-state index contributed by atoms with van der Waals surface area (Å²) in [6.45, 7) is 7.69. The molecular weight excluding hydrogens is 463 g/mol. The molecule has 31 heavy (non-hydrogen) atoms. The van der Waals surface area contributed by atoms with Gasteiger partial charge in [0.05, 0.1) is 6.04 Å². The summed E-state index contributed by atoms with van der Waals surface area (Å²) in [5, 5.41) is 2.93. The lowest BCUT2D eigenvalue weighted by molar-refractivity contribution is -0.122. The third-order valence-electron chi connectivity index (χ3n) is 5.71. The molecule has 1 unspecified atom stereocenters. The Labute approximate surface area is 191 Å². The fraction of sp³-hybridized carbons (Fsp3) is 0.417. The minimum absolute atomic E-state index is 0.157. The topological polar surface area (TPSA) is 58.6 Å². The largest absolute Gasteiger partial charge is 0.438 e. The van der Waals surface area contributed by atoms with Crippen LogP contribution >= 0.6 is 15.9 Å². The summed E-state index contributed by atoms with van der Waals surface area (Å²) >= 11 is 3.43. The first-order valence-electron chi connectivity index (χ1n) is 10.3. The maximum atomic E-state index is 13.6. The molecule has 0 aliphatic carbocycles. The third-order valence-corrected chi connectivity index (χ3v) is 6.23. The molecule has 2 atom stereocenters. The molecule has 7 heteroatoms. The molecule has 0 spiro atoms. The van der Waals surface area contributed by atoms with Crippen LogP contribution in [0.5, 0.6) is 0 Å². The van der Waals surface area contributed by atoms with Gasteiger partial charge < -0.3 is 15.0 Å². The number of rotatable bonds is 6. The van der Waals surface area contributed by atoms with Gasteiger partial charge in [-0.25, -0.2) is 9.18 Å². The van der Waals surface area contributed by atoms with E-state index in [0.717, 1.165) is 15.6 Å². The van der Waals surface area contributed by atoms with E-state index < -0.39 is 17.2 Å². The van der Waals surface area contributed by atoms with E-state index in [-0.39, 0.29) is 17.8 Å². The van der Waals surface area contributed by atoms with Gasteiger partial charge in [0.2, 0.25) is 5.91 Å². The highest BCUT2D eigenvalue weighted by atomic mass is 79.9. The Kier molecular flexibility index (Phi) is 6.74. The maximum Gasteiger partial charge on any atom is 0.411 e. The fourth-order valence-electron chi connectivity index (χ4n) is 4.36. The monoisotopic (exact) mass is 490 g/mol. The second-order valence-corrected chi connectivity index (χ2v) is 9.70. The Morgan fingerprint density at radius 2 is 1.84 bits per heavy atom. The highest BCUT2D eigenvalue weighted by Gasteiger charge is 2.46. The van der Waals surface area contributed by atoms with Crippen LogP contribution in [0.2, 0.25) is 0 Å². The molecule has 1 saturated heterocycles. The minimum Gasteiger partial charge on any atom is -0.438 e. The molecule has 2 aromatic carbocycles. The Bertz CT molecular complexity index is 946. The minimum atomic E-state index is -0.966. The number of carbonyl (C=O) groups excluding carboxylic acids is 2. The Hall–Kier alpha value is -2.41. The van der Waals surface area contributed by atoms with Gasteiger partial charge in [0.25, 0.3) is 0 Å². The fourth-order valence-corrected chi connectivity index (χ4v) is 4.62. The van der Waals surface area contributed by atoms with E-state index in [1.54, 1.807) is 17.0 Å². The normalized spacial score (nSPS) is 20.2. The number of nitrogens with zero attached hydrogens (tertiary/aromatic N) is 1. The molecule has 1 aliphatic heterocycles. The molecule has 166 valence electrons. The predicted octanol–water partition coefficient (Wildman–Crippen LogP) is 5.69. The number of halogens is 2. The van der Waals surface area contributed by atoms with E-state index in [4.69, 9.17) is 4.74 Å². The second-order valence-electron chi connectivity index (χ2n) is 8.78. The second kappa shape index (κ2) is 8.99. The molecule has 0 radical (unpaired) electrons. The summed E-state index contributed by atoms with van der Waals surface area (Å²) in [4.78, 5) is 26.6. The Morgan fingerprint density at radius 1 is 1.23 bits per heavy atom. The SMILES string of the molecule is CC(=O)NC(C)(C)CC1(c2ccc(F)cc2)CCN([C@@H](C)c2ccc(Br)cc2)C(=O)O1. The third kappa shape index (κ3) is 5.45.